The van der Waals surface area contributed by atoms with Gasteiger partial charge in [0, 0.05) is 18.8 Å². The summed E-state index contributed by atoms with van der Waals surface area (Å²) in [5.41, 5.74) is 7.08. The molecular formula is C13H15Cl2N3O. The third kappa shape index (κ3) is 2.13. The van der Waals surface area contributed by atoms with Crippen LogP contribution in [0.3, 0.4) is 0 Å². The van der Waals surface area contributed by atoms with Gasteiger partial charge in [-0.05, 0) is 25.0 Å². The second-order valence-corrected chi connectivity index (χ2v) is 5.90. The molecule has 3 N–H and O–H groups in total. The fraction of sp³-hybridized carbons (Fsp3) is 0.462. The first-order valence-electron chi connectivity index (χ1n) is 6.37. The molecule has 1 amide bonds. The lowest BCUT2D eigenvalue weighted by atomic mass is 9.91. The van der Waals surface area contributed by atoms with Gasteiger partial charge in [0.25, 0.3) is 0 Å². The smallest absolute Gasteiger partial charge is 0.225 e. The fourth-order valence-corrected chi connectivity index (χ4v) is 3.81. The molecular weight excluding hydrogens is 285 g/mol. The summed E-state index contributed by atoms with van der Waals surface area (Å²) in [6, 6.07) is 3.55. The Labute approximate surface area is 121 Å². The van der Waals surface area contributed by atoms with Crippen LogP contribution >= 0.6 is 23.2 Å². The molecule has 2 saturated heterocycles. The SMILES string of the molecule is Nc1cc(Cl)c(N2CCCC3C(=O)NCC32)c(Cl)c1. The van der Waals surface area contributed by atoms with Crippen LogP contribution in [0.2, 0.25) is 10.0 Å². The summed E-state index contributed by atoms with van der Waals surface area (Å²) >= 11 is 12.6. The molecule has 2 fully saturated rings. The average molecular weight is 300 g/mol. The maximum atomic E-state index is 11.8. The molecule has 0 radical (unpaired) electrons. The molecule has 19 heavy (non-hydrogen) atoms. The van der Waals surface area contributed by atoms with Crippen molar-refractivity contribution < 1.29 is 4.79 Å². The zero-order chi connectivity index (χ0) is 13.6. The zero-order valence-corrected chi connectivity index (χ0v) is 11.8. The van der Waals surface area contributed by atoms with Crippen LogP contribution in [-0.4, -0.2) is 25.0 Å². The largest absolute Gasteiger partial charge is 0.399 e. The van der Waals surface area contributed by atoms with E-state index in [2.05, 4.69) is 10.2 Å². The summed E-state index contributed by atoms with van der Waals surface area (Å²) in [5.74, 6) is 0.177. The summed E-state index contributed by atoms with van der Waals surface area (Å²) in [6.45, 7) is 1.51. The van der Waals surface area contributed by atoms with Crippen molar-refractivity contribution >= 4 is 40.5 Å². The van der Waals surface area contributed by atoms with Crippen molar-refractivity contribution in [3.8, 4) is 0 Å². The van der Waals surface area contributed by atoms with Crippen LogP contribution in [-0.2, 0) is 4.79 Å². The van der Waals surface area contributed by atoms with Crippen LogP contribution in [0, 0.1) is 5.92 Å². The minimum atomic E-state index is 0.0402. The number of amides is 1. The van der Waals surface area contributed by atoms with Crippen molar-refractivity contribution in [2.24, 2.45) is 5.92 Å². The van der Waals surface area contributed by atoms with Crippen molar-refractivity contribution in [2.75, 3.05) is 23.7 Å². The van der Waals surface area contributed by atoms with Crippen molar-refractivity contribution in [1.29, 1.82) is 0 Å². The van der Waals surface area contributed by atoms with E-state index in [0.717, 1.165) is 25.1 Å². The Morgan fingerprint density at radius 3 is 2.68 bits per heavy atom. The number of carbonyl (C=O) groups excluding carboxylic acids is 1. The lowest BCUT2D eigenvalue weighted by Crippen LogP contribution is -2.46. The number of nitrogens with two attached hydrogens (primary N) is 1. The van der Waals surface area contributed by atoms with Gasteiger partial charge in [-0.25, -0.2) is 0 Å². The van der Waals surface area contributed by atoms with Gasteiger partial charge >= 0.3 is 0 Å². The predicted molar refractivity (Wildman–Crippen MR) is 77.7 cm³/mol. The first-order valence-corrected chi connectivity index (χ1v) is 7.12. The van der Waals surface area contributed by atoms with Gasteiger partial charge in [0.15, 0.2) is 0 Å². The molecule has 6 heteroatoms. The number of fused-ring (bicyclic) bond motifs is 1. The molecule has 1 aromatic carbocycles. The van der Waals surface area contributed by atoms with E-state index in [4.69, 9.17) is 28.9 Å². The maximum Gasteiger partial charge on any atom is 0.225 e. The number of hydrogen-bond donors (Lipinski definition) is 2. The van der Waals surface area contributed by atoms with Crippen molar-refractivity contribution in [1.82, 2.24) is 5.32 Å². The molecule has 2 aliphatic rings. The second-order valence-electron chi connectivity index (χ2n) is 5.09. The molecule has 2 unspecified atom stereocenters. The Balaban J connectivity index is 2.00. The number of nitrogens with zero attached hydrogens (tertiary/aromatic N) is 1. The van der Waals surface area contributed by atoms with E-state index in [1.807, 2.05) is 0 Å². The van der Waals surface area contributed by atoms with Crippen molar-refractivity contribution in [3.05, 3.63) is 22.2 Å². The van der Waals surface area contributed by atoms with Crippen molar-refractivity contribution in [2.45, 2.75) is 18.9 Å². The molecule has 0 bridgehead atoms. The van der Waals surface area contributed by atoms with Crippen LogP contribution in [0.4, 0.5) is 11.4 Å². The lowest BCUT2D eigenvalue weighted by Gasteiger charge is -2.38. The topological polar surface area (TPSA) is 58.4 Å². The average Bonchev–Trinajstić information content (AvgIpc) is 2.71. The Bertz CT molecular complexity index is 512. The fourth-order valence-electron chi connectivity index (χ4n) is 3.09. The number of halogens is 2. The normalized spacial score (nSPS) is 26.2. The van der Waals surface area contributed by atoms with E-state index >= 15 is 0 Å². The minimum Gasteiger partial charge on any atom is -0.399 e. The second kappa shape index (κ2) is 4.76. The molecule has 4 nitrogen and oxygen atoms in total. The molecule has 1 aromatic rings. The van der Waals surface area contributed by atoms with Crippen molar-refractivity contribution in [3.63, 3.8) is 0 Å². The van der Waals surface area contributed by atoms with Gasteiger partial charge in [0.05, 0.1) is 27.7 Å². The Hall–Kier alpha value is -1.13. The van der Waals surface area contributed by atoms with Gasteiger partial charge in [-0.3, -0.25) is 4.79 Å². The van der Waals surface area contributed by atoms with Gasteiger partial charge in [0.2, 0.25) is 5.91 Å². The van der Waals surface area contributed by atoms with E-state index in [1.54, 1.807) is 12.1 Å². The number of rotatable bonds is 1. The van der Waals surface area contributed by atoms with Gasteiger partial charge in [0.1, 0.15) is 0 Å². The molecule has 2 heterocycles. The molecule has 2 atom stereocenters. The molecule has 102 valence electrons. The highest BCUT2D eigenvalue weighted by Gasteiger charge is 2.41. The zero-order valence-electron chi connectivity index (χ0n) is 10.3. The highest BCUT2D eigenvalue weighted by atomic mass is 35.5. The first-order chi connectivity index (χ1) is 9.08. The molecule has 2 aliphatic heterocycles. The molecule has 0 aliphatic carbocycles. The summed E-state index contributed by atoms with van der Waals surface area (Å²) < 4.78 is 0. The summed E-state index contributed by atoms with van der Waals surface area (Å²) in [5, 5.41) is 4.01. The van der Waals surface area contributed by atoms with Crippen LogP contribution in [0.5, 0.6) is 0 Å². The third-order valence-electron chi connectivity index (χ3n) is 3.93. The maximum absolute atomic E-state index is 11.8. The molecule has 0 saturated carbocycles. The predicted octanol–water partition coefficient (Wildman–Crippen LogP) is 2.29. The van der Waals surface area contributed by atoms with E-state index in [0.29, 0.717) is 22.3 Å². The van der Waals surface area contributed by atoms with Gasteiger partial charge < -0.3 is 16.0 Å². The van der Waals surface area contributed by atoms with Gasteiger partial charge in [-0.1, -0.05) is 23.2 Å². The summed E-state index contributed by atoms with van der Waals surface area (Å²) in [6.07, 6.45) is 1.89. The summed E-state index contributed by atoms with van der Waals surface area (Å²) in [7, 11) is 0. The lowest BCUT2D eigenvalue weighted by molar-refractivity contribution is -0.122. The number of piperidine rings is 1. The third-order valence-corrected chi connectivity index (χ3v) is 4.50. The highest BCUT2D eigenvalue weighted by Crippen LogP contribution is 2.40. The quantitative estimate of drug-likeness (QED) is 0.782. The molecule has 0 aromatic heterocycles. The Morgan fingerprint density at radius 1 is 1.32 bits per heavy atom. The van der Waals surface area contributed by atoms with E-state index in [-0.39, 0.29) is 17.9 Å². The van der Waals surface area contributed by atoms with Gasteiger partial charge in [-0.15, -0.1) is 0 Å². The first kappa shape index (κ1) is 12.9. The van der Waals surface area contributed by atoms with E-state index < -0.39 is 0 Å². The number of benzene rings is 1. The Kier molecular flexibility index (Phi) is 3.23. The highest BCUT2D eigenvalue weighted by molar-refractivity contribution is 6.39. The number of carbonyl (C=O) groups is 1. The molecule has 0 spiro atoms. The number of nitrogens with one attached hydrogen (secondary N) is 1. The monoisotopic (exact) mass is 299 g/mol. The minimum absolute atomic E-state index is 0.0402. The van der Waals surface area contributed by atoms with E-state index in [1.165, 1.54) is 0 Å². The summed E-state index contributed by atoms with van der Waals surface area (Å²) in [4.78, 5) is 13.9. The van der Waals surface area contributed by atoms with Crippen LogP contribution in [0.1, 0.15) is 12.8 Å². The number of anilines is 2. The molecule has 3 rings (SSSR count). The van der Waals surface area contributed by atoms with Crippen LogP contribution in [0.15, 0.2) is 12.1 Å². The standard InChI is InChI=1S/C13H15Cl2N3O/c14-9-4-7(16)5-10(15)12(9)18-3-1-2-8-11(18)6-17-13(8)19/h4-5,8,11H,1-3,6,16H2,(H,17,19). The van der Waals surface area contributed by atoms with Crippen LogP contribution in [0.25, 0.3) is 0 Å². The van der Waals surface area contributed by atoms with Gasteiger partial charge in [-0.2, -0.15) is 0 Å². The van der Waals surface area contributed by atoms with E-state index in [9.17, 15) is 4.79 Å². The number of hydrogen-bond acceptors (Lipinski definition) is 3. The number of nitrogen functional groups attached to an aromatic ring is 1. The Morgan fingerprint density at radius 2 is 2.00 bits per heavy atom. The van der Waals surface area contributed by atoms with Crippen LogP contribution < -0.4 is 16.0 Å².